The molecule has 3 aromatic carbocycles. The van der Waals surface area contributed by atoms with Gasteiger partial charge < -0.3 is 10.6 Å². The van der Waals surface area contributed by atoms with E-state index in [0.717, 1.165) is 16.0 Å². The fourth-order valence-corrected chi connectivity index (χ4v) is 3.88. The second-order valence-electron chi connectivity index (χ2n) is 5.94. The van der Waals surface area contributed by atoms with Gasteiger partial charge in [0.1, 0.15) is 0 Å². The van der Waals surface area contributed by atoms with Crippen molar-refractivity contribution < 1.29 is 13.2 Å². The van der Waals surface area contributed by atoms with Gasteiger partial charge in [0.05, 0.1) is 11.9 Å². The summed E-state index contributed by atoms with van der Waals surface area (Å²) in [6, 6.07) is 23.5. The minimum Gasteiger partial charge on any atom is -0.308 e. The molecule has 3 rings (SSSR count). The molecule has 0 radical (unpaired) electrons. The summed E-state index contributed by atoms with van der Waals surface area (Å²) < 4.78 is 24.8. The molecule has 0 saturated heterocycles. The molecular weight excluding hydrogens is 394 g/mol. The number of anilines is 3. The van der Waals surface area contributed by atoms with Crippen molar-refractivity contribution >= 4 is 44.9 Å². The Hall–Kier alpha value is -2.97. The second-order valence-corrected chi connectivity index (χ2v) is 8.81. The summed E-state index contributed by atoms with van der Waals surface area (Å²) in [5.41, 5.74) is 1.67. The van der Waals surface area contributed by atoms with Crippen molar-refractivity contribution in [2.75, 3.05) is 21.6 Å². The summed E-state index contributed by atoms with van der Waals surface area (Å²) in [6.45, 7) is 0. The van der Waals surface area contributed by atoms with E-state index in [1.165, 1.54) is 0 Å². The van der Waals surface area contributed by atoms with Crippen LogP contribution in [-0.4, -0.2) is 20.7 Å². The van der Waals surface area contributed by atoms with Gasteiger partial charge >= 0.3 is 6.03 Å². The minimum atomic E-state index is -3.34. The first kappa shape index (κ1) is 19.8. The lowest BCUT2D eigenvalue weighted by atomic mass is 10.3. The van der Waals surface area contributed by atoms with Gasteiger partial charge in [0, 0.05) is 21.2 Å². The maximum absolute atomic E-state index is 12.4. The Morgan fingerprint density at radius 1 is 0.786 bits per heavy atom. The predicted molar refractivity (Wildman–Crippen MR) is 115 cm³/mol. The number of amides is 2. The normalized spacial score (nSPS) is 10.9. The lowest BCUT2D eigenvalue weighted by Crippen LogP contribution is -2.19. The molecule has 0 unspecified atom stereocenters. The lowest BCUT2D eigenvalue weighted by molar-refractivity contribution is 0.262. The Labute approximate surface area is 168 Å². The van der Waals surface area contributed by atoms with E-state index in [2.05, 4.69) is 15.4 Å². The minimum absolute atomic E-state index is 0.384. The smallest absolute Gasteiger partial charge is 0.308 e. The van der Waals surface area contributed by atoms with Gasteiger partial charge in [-0.25, -0.2) is 13.2 Å². The van der Waals surface area contributed by atoms with Crippen molar-refractivity contribution in [3.05, 3.63) is 78.9 Å². The molecule has 2 amide bonds. The van der Waals surface area contributed by atoms with E-state index in [0.29, 0.717) is 17.1 Å². The van der Waals surface area contributed by atoms with Gasteiger partial charge in [-0.15, -0.1) is 0 Å². The highest BCUT2D eigenvalue weighted by Gasteiger charge is 2.09. The molecule has 0 aliphatic rings. The van der Waals surface area contributed by atoms with Crippen LogP contribution in [0.3, 0.4) is 0 Å². The van der Waals surface area contributed by atoms with Crippen LogP contribution in [0.2, 0.25) is 0 Å². The Kier molecular flexibility index (Phi) is 6.23. The molecule has 0 atom stereocenters. The molecule has 3 aromatic rings. The number of carbonyl (C=O) groups excluding carboxylic acids is 1. The van der Waals surface area contributed by atoms with Gasteiger partial charge in [0.2, 0.25) is 10.0 Å². The molecule has 0 aromatic heterocycles. The van der Waals surface area contributed by atoms with Gasteiger partial charge in [-0.3, -0.25) is 4.72 Å². The average Bonchev–Trinajstić information content (AvgIpc) is 2.65. The van der Waals surface area contributed by atoms with E-state index in [9.17, 15) is 13.2 Å². The number of sulfonamides is 1. The Morgan fingerprint density at radius 3 is 2.07 bits per heavy atom. The highest BCUT2D eigenvalue weighted by molar-refractivity contribution is 7.99. The van der Waals surface area contributed by atoms with E-state index in [4.69, 9.17) is 0 Å². The van der Waals surface area contributed by atoms with Crippen LogP contribution in [0.1, 0.15) is 0 Å². The summed E-state index contributed by atoms with van der Waals surface area (Å²) >= 11 is 1.56. The molecule has 28 heavy (non-hydrogen) atoms. The van der Waals surface area contributed by atoms with Crippen LogP contribution in [0.5, 0.6) is 0 Å². The fourth-order valence-electron chi connectivity index (χ4n) is 2.39. The fraction of sp³-hybridized carbons (Fsp3) is 0.0500. The zero-order valence-electron chi connectivity index (χ0n) is 15.0. The zero-order chi connectivity index (χ0) is 20.0. The number of para-hydroxylation sites is 1. The molecular formula is C20H19N3O3S2. The molecule has 3 N–H and O–H groups in total. The number of benzene rings is 3. The Morgan fingerprint density at radius 2 is 1.39 bits per heavy atom. The predicted octanol–water partition coefficient (Wildman–Crippen LogP) is 4.85. The molecule has 0 bridgehead atoms. The highest BCUT2D eigenvalue weighted by Crippen LogP contribution is 2.33. The summed E-state index contributed by atoms with van der Waals surface area (Å²) in [6.07, 6.45) is 1.08. The summed E-state index contributed by atoms with van der Waals surface area (Å²) in [5, 5.41) is 5.58. The van der Waals surface area contributed by atoms with E-state index >= 15 is 0 Å². The van der Waals surface area contributed by atoms with Crippen LogP contribution in [0.15, 0.2) is 88.7 Å². The first-order chi connectivity index (χ1) is 13.4. The third kappa shape index (κ3) is 6.04. The number of nitrogens with one attached hydrogen (secondary N) is 3. The van der Waals surface area contributed by atoms with Crippen LogP contribution in [-0.2, 0) is 10.0 Å². The Balaban J connectivity index is 1.65. The monoisotopic (exact) mass is 413 g/mol. The van der Waals surface area contributed by atoms with Gasteiger partial charge in [-0.2, -0.15) is 0 Å². The number of urea groups is 1. The van der Waals surface area contributed by atoms with E-state index in [1.807, 2.05) is 54.6 Å². The van der Waals surface area contributed by atoms with Crippen molar-refractivity contribution in [1.82, 2.24) is 0 Å². The van der Waals surface area contributed by atoms with Crippen LogP contribution in [0.4, 0.5) is 21.9 Å². The first-order valence-electron chi connectivity index (χ1n) is 8.37. The zero-order valence-corrected chi connectivity index (χ0v) is 16.7. The SMILES string of the molecule is CS(=O)(=O)Nc1ccc(NC(=O)Nc2ccccc2Sc2ccccc2)cc1. The quantitative estimate of drug-likeness (QED) is 0.539. The number of hydrogen-bond donors (Lipinski definition) is 3. The van der Waals surface area contributed by atoms with E-state index < -0.39 is 10.0 Å². The molecule has 6 nitrogen and oxygen atoms in total. The number of carbonyl (C=O) groups is 1. The highest BCUT2D eigenvalue weighted by atomic mass is 32.2. The summed E-state index contributed by atoms with van der Waals surface area (Å²) in [7, 11) is -3.34. The van der Waals surface area contributed by atoms with Crippen molar-refractivity contribution in [1.29, 1.82) is 0 Å². The van der Waals surface area contributed by atoms with Crippen molar-refractivity contribution in [3.63, 3.8) is 0 Å². The van der Waals surface area contributed by atoms with Gasteiger partial charge in [0.15, 0.2) is 0 Å². The maximum atomic E-state index is 12.4. The number of rotatable bonds is 6. The lowest BCUT2D eigenvalue weighted by Gasteiger charge is -2.12. The molecule has 0 fully saturated rings. The van der Waals surface area contributed by atoms with Crippen molar-refractivity contribution in [3.8, 4) is 0 Å². The van der Waals surface area contributed by atoms with E-state index in [1.54, 1.807) is 36.0 Å². The summed E-state index contributed by atoms with van der Waals surface area (Å²) in [4.78, 5) is 14.4. The van der Waals surface area contributed by atoms with Crippen LogP contribution in [0, 0.1) is 0 Å². The van der Waals surface area contributed by atoms with Crippen LogP contribution in [0.25, 0.3) is 0 Å². The maximum Gasteiger partial charge on any atom is 0.323 e. The third-order valence-corrected chi connectivity index (χ3v) is 5.24. The molecule has 8 heteroatoms. The third-order valence-electron chi connectivity index (χ3n) is 3.55. The second kappa shape index (κ2) is 8.81. The van der Waals surface area contributed by atoms with E-state index in [-0.39, 0.29) is 6.03 Å². The topological polar surface area (TPSA) is 87.3 Å². The molecule has 0 heterocycles. The van der Waals surface area contributed by atoms with Crippen LogP contribution >= 0.6 is 11.8 Å². The summed E-state index contributed by atoms with van der Waals surface area (Å²) in [5.74, 6) is 0. The largest absolute Gasteiger partial charge is 0.323 e. The molecule has 0 aliphatic heterocycles. The average molecular weight is 414 g/mol. The standard InChI is InChI=1S/C20H19N3O3S2/c1-28(25,26)23-16-13-11-15(12-14-16)21-20(24)22-18-9-5-6-10-19(18)27-17-7-3-2-4-8-17/h2-14,23H,1H3,(H2,21,22,24). The van der Waals surface area contributed by atoms with Crippen LogP contribution < -0.4 is 15.4 Å². The first-order valence-corrected chi connectivity index (χ1v) is 11.1. The molecule has 144 valence electrons. The van der Waals surface area contributed by atoms with Gasteiger partial charge in [-0.05, 0) is 48.5 Å². The van der Waals surface area contributed by atoms with Crippen molar-refractivity contribution in [2.24, 2.45) is 0 Å². The number of hydrogen-bond acceptors (Lipinski definition) is 4. The molecule has 0 spiro atoms. The van der Waals surface area contributed by atoms with Gasteiger partial charge in [-0.1, -0.05) is 42.1 Å². The Bertz CT molecular complexity index is 1050. The van der Waals surface area contributed by atoms with Crippen molar-refractivity contribution in [2.45, 2.75) is 9.79 Å². The molecule has 0 saturated carbocycles. The molecule has 0 aliphatic carbocycles. The van der Waals surface area contributed by atoms with Gasteiger partial charge in [0.25, 0.3) is 0 Å².